The molecule has 0 aromatic heterocycles. The lowest BCUT2D eigenvalue weighted by Gasteiger charge is -2.12. The molecule has 0 radical (unpaired) electrons. The lowest BCUT2D eigenvalue weighted by Crippen LogP contribution is -2.25. The lowest BCUT2D eigenvalue weighted by molar-refractivity contribution is -0.136. The van der Waals surface area contributed by atoms with Gasteiger partial charge in [-0.05, 0) is 43.7 Å². The van der Waals surface area contributed by atoms with E-state index in [1.165, 1.54) is 0 Å². The van der Waals surface area contributed by atoms with Crippen molar-refractivity contribution < 1.29 is 19.5 Å². The molecule has 0 spiro atoms. The largest absolute Gasteiger partial charge is 0.480 e. The van der Waals surface area contributed by atoms with Crippen molar-refractivity contribution in [3.8, 4) is 0 Å². The van der Waals surface area contributed by atoms with Gasteiger partial charge in [0.05, 0.1) is 5.56 Å². The molecule has 2 amide bonds. The first-order valence-corrected chi connectivity index (χ1v) is 9.44. The van der Waals surface area contributed by atoms with Crippen LogP contribution < -0.4 is 10.6 Å². The summed E-state index contributed by atoms with van der Waals surface area (Å²) < 4.78 is 0. The SMILES string of the molecule is CCNC(=O)c1cccc(CNC(=O)c2ccccc2SC(C)C(=O)O)c1. The topological polar surface area (TPSA) is 95.5 Å². The summed E-state index contributed by atoms with van der Waals surface area (Å²) in [6.45, 7) is 4.24. The fourth-order valence-corrected chi connectivity index (χ4v) is 3.29. The van der Waals surface area contributed by atoms with E-state index in [0.29, 0.717) is 22.6 Å². The molecule has 6 nitrogen and oxygen atoms in total. The highest BCUT2D eigenvalue weighted by Gasteiger charge is 2.17. The molecule has 1 unspecified atom stereocenters. The maximum atomic E-state index is 12.6. The average Bonchev–Trinajstić information content (AvgIpc) is 2.67. The second-order valence-corrected chi connectivity index (χ2v) is 7.22. The Morgan fingerprint density at radius 1 is 1.04 bits per heavy atom. The number of rotatable bonds is 8. The third-order valence-electron chi connectivity index (χ3n) is 3.76. The molecule has 0 aliphatic rings. The summed E-state index contributed by atoms with van der Waals surface area (Å²) in [6, 6.07) is 13.9. The van der Waals surface area contributed by atoms with Gasteiger partial charge in [0, 0.05) is 23.5 Å². The highest BCUT2D eigenvalue weighted by molar-refractivity contribution is 8.00. The monoisotopic (exact) mass is 386 g/mol. The van der Waals surface area contributed by atoms with Crippen molar-refractivity contribution in [3.63, 3.8) is 0 Å². The quantitative estimate of drug-likeness (QED) is 0.606. The number of carbonyl (C=O) groups is 3. The van der Waals surface area contributed by atoms with Gasteiger partial charge in [-0.15, -0.1) is 11.8 Å². The summed E-state index contributed by atoms with van der Waals surface area (Å²) in [5.41, 5.74) is 1.77. The molecular formula is C20H22N2O4S. The van der Waals surface area contributed by atoms with Gasteiger partial charge in [0.25, 0.3) is 11.8 Å². The Balaban J connectivity index is 2.07. The van der Waals surface area contributed by atoms with E-state index in [4.69, 9.17) is 5.11 Å². The summed E-state index contributed by atoms with van der Waals surface area (Å²) in [5.74, 6) is -1.38. The van der Waals surface area contributed by atoms with Gasteiger partial charge in [-0.3, -0.25) is 14.4 Å². The van der Waals surface area contributed by atoms with Gasteiger partial charge in [-0.2, -0.15) is 0 Å². The smallest absolute Gasteiger partial charge is 0.316 e. The van der Waals surface area contributed by atoms with Crippen LogP contribution in [0, 0.1) is 0 Å². The minimum absolute atomic E-state index is 0.157. The number of hydrogen-bond donors (Lipinski definition) is 3. The van der Waals surface area contributed by atoms with Crippen LogP contribution in [-0.2, 0) is 11.3 Å². The summed E-state index contributed by atoms with van der Waals surface area (Å²) in [6.07, 6.45) is 0. The van der Waals surface area contributed by atoms with Crippen molar-refractivity contribution in [2.45, 2.75) is 30.5 Å². The predicted molar refractivity (Wildman–Crippen MR) is 105 cm³/mol. The van der Waals surface area contributed by atoms with Crippen LogP contribution in [0.5, 0.6) is 0 Å². The van der Waals surface area contributed by atoms with Crippen LogP contribution in [0.15, 0.2) is 53.4 Å². The fraction of sp³-hybridized carbons (Fsp3) is 0.250. The third-order valence-corrected chi connectivity index (χ3v) is 4.93. The predicted octanol–water partition coefficient (Wildman–Crippen LogP) is 2.93. The van der Waals surface area contributed by atoms with Crippen molar-refractivity contribution in [2.75, 3.05) is 6.54 Å². The molecule has 0 bridgehead atoms. The maximum absolute atomic E-state index is 12.6. The molecule has 3 N–H and O–H groups in total. The summed E-state index contributed by atoms with van der Waals surface area (Å²) in [4.78, 5) is 36.2. The number of nitrogens with one attached hydrogen (secondary N) is 2. The zero-order chi connectivity index (χ0) is 19.8. The molecule has 2 aromatic rings. The summed E-state index contributed by atoms with van der Waals surface area (Å²) >= 11 is 1.13. The molecule has 0 aliphatic heterocycles. The lowest BCUT2D eigenvalue weighted by atomic mass is 10.1. The second kappa shape index (κ2) is 9.78. The fourth-order valence-electron chi connectivity index (χ4n) is 2.36. The number of hydrogen-bond acceptors (Lipinski definition) is 4. The molecular weight excluding hydrogens is 364 g/mol. The Hall–Kier alpha value is -2.80. The van der Waals surface area contributed by atoms with Gasteiger partial charge in [-0.25, -0.2) is 0 Å². The number of carbonyl (C=O) groups excluding carboxylic acids is 2. The summed E-state index contributed by atoms with van der Waals surface area (Å²) in [7, 11) is 0. The Kier molecular flexibility index (Phi) is 7.43. The highest BCUT2D eigenvalue weighted by atomic mass is 32.2. The molecule has 7 heteroatoms. The van der Waals surface area contributed by atoms with Crippen LogP contribution in [-0.4, -0.2) is 34.7 Å². The van der Waals surface area contributed by atoms with E-state index in [1.54, 1.807) is 49.4 Å². The summed E-state index contributed by atoms with van der Waals surface area (Å²) in [5, 5.41) is 14.0. The molecule has 2 rings (SSSR count). The van der Waals surface area contributed by atoms with Crippen molar-refractivity contribution in [3.05, 3.63) is 65.2 Å². The van der Waals surface area contributed by atoms with Crippen molar-refractivity contribution in [1.29, 1.82) is 0 Å². The molecule has 142 valence electrons. The Morgan fingerprint density at radius 3 is 2.48 bits per heavy atom. The normalized spacial score (nSPS) is 11.5. The molecule has 0 saturated carbocycles. The van der Waals surface area contributed by atoms with E-state index in [-0.39, 0.29) is 18.4 Å². The van der Waals surface area contributed by atoms with E-state index in [2.05, 4.69) is 10.6 Å². The molecule has 0 fully saturated rings. The van der Waals surface area contributed by atoms with Crippen molar-refractivity contribution in [2.24, 2.45) is 0 Å². The van der Waals surface area contributed by atoms with Gasteiger partial charge in [0.15, 0.2) is 0 Å². The van der Waals surface area contributed by atoms with Gasteiger partial charge >= 0.3 is 5.97 Å². The van der Waals surface area contributed by atoms with E-state index in [9.17, 15) is 14.4 Å². The van der Waals surface area contributed by atoms with E-state index in [1.807, 2.05) is 13.0 Å². The van der Waals surface area contributed by atoms with E-state index in [0.717, 1.165) is 17.3 Å². The second-order valence-electron chi connectivity index (χ2n) is 5.84. The standard InChI is InChI=1S/C20H22N2O4S/c1-3-21-18(23)15-8-6-7-14(11-15)12-22-19(24)16-9-4-5-10-17(16)27-13(2)20(25)26/h4-11,13H,3,12H2,1-2H3,(H,21,23)(H,22,24)(H,25,26). The van der Waals surface area contributed by atoms with Crippen LogP contribution in [0.2, 0.25) is 0 Å². The van der Waals surface area contributed by atoms with Crippen LogP contribution >= 0.6 is 11.8 Å². The van der Waals surface area contributed by atoms with Gasteiger partial charge in [0.2, 0.25) is 0 Å². The van der Waals surface area contributed by atoms with E-state index >= 15 is 0 Å². The Labute approximate surface area is 162 Å². The molecule has 0 heterocycles. The Bertz CT molecular complexity index is 838. The average molecular weight is 386 g/mol. The van der Waals surface area contributed by atoms with Gasteiger partial charge in [0.1, 0.15) is 5.25 Å². The zero-order valence-electron chi connectivity index (χ0n) is 15.2. The Morgan fingerprint density at radius 2 is 1.78 bits per heavy atom. The minimum atomic E-state index is -0.933. The third kappa shape index (κ3) is 5.86. The van der Waals surface area contributed by atoms with Crippen molar-refractivity contribution >= 4 is 29.5 Å². The van der Waals surface area contributed by atoms with Crippen LogP contribution in [0.4, 0.5) is 0 Å². The molecule has 27 heavy (non-hydrogen) atoms. The highest BCUT2D eigenvalue weighted by Crippen LogP contribution is 2.27. The number of aliphatic carboxylic acids is 1. The first kappa shape index (κ1) is 20.5. The van der Waals surface area contributed by atoms with E-state index < -0.39 is 11.2 Å². The number of carboxylic acid groups (broad SMARTS) is 1. The van der Waals surface area contributed by atoms with Gasteiger partial charge in [-0.1, -0.05) is 24.3 Å². The molecule has 2 aromatic carbocycles. The maximum Gasteiger partial charge on any atom is 0.316 e. The van der Waals surface area contributed by atoms with Crippen LogP contribution in [0.3, 0.4) is 0 Å². The molecule has 1 atom stereocenters. The van der Waals surface area contributed by atoms with Gasteiger partial charge < -0.3 is 15.7 Å². The van der Waals surface area contributed by atoms with Crippen LogP contribution in [0.25, 0.3) is 0 Å². The first-order chi connectivity index (χ1) is 12.9. The number of carboxylic acids is 1. The number of amides is 2. The number of benzene rings is 2. The number of thioether (sulfide) groups is 1. The minimum Gasteiger partial charge on any atom is -0.480 e. The van der Waals surface area contributed by atoms with Crippen molar-refractivity contribution in [1.82, 2.24) is 10.6 Å². The van der Waals surface area contributed by atoms with Crippen LogP contribution in [0.1, 0.15) is 40.1 Å². The zero-order valence-corrected chi connectivity index (χ0v) is 16.0. The molecule has 0 aliphatic carbocycles. The molecule has 0 saturated heterocycles. The first-order valence-electron chi connectivity index (χ1n) is 8.56.